The van der Waals surface area contributed by atoms with Crippen LogP contribution in [0.25, 0.3) is 0 Å². The van der Waals surface area contributed by atoms with E-state index in [0.717, 1.165) is 0 Å². The quantitative estimate of drug-likeness (QED) is 0.392. The van der Waals surface area contributed by atoms with Gasteiger partial charge < -0.3 is 4.43 Å². The van der Waals surface area contributed by atoms with Crippen molar-refractivity contribution in [2.24, 2.45) is 0 Å². The summed E-state index contributed by atoms with van der Waals surface area (Å²) in [7, 11) is -2.88. The third kappa shape index (κ3) is 2.59. The first-order valence-corrected chi connectivity index (χ1v) is 9.72. The van der Waals surface area contributed by atoms with Gasteiger partial charge in [0.2, 0.25) is 8.32 Å². The van der Waals surface area contributed by atoms with E-state index >= 15 is 0 Å². The van der Waals surface area contributed by atoms with Crippen molar-refractivity contribution in [3.05, 3.63) is 28.8 Å². The number of hydrogen-bond donors (Lipinski definition) is 1. The highest BCUT2D eigenvalue weighted by Crippen LogP contribution is 2.38. The molecule has 1 aliphatic heterocycles. The molecule has 1 aliphatic rings. The molecule has 1 unspecified atom stereocenters. The van der Waals surface area contributed by atoms with Crippen molar-refractivity contribution in [1.82, 2.24) is 5.32 Å². The van der Waals surface area contributed by atoms with Gasteiger partial charge in [-0.05, 0) is 32.9 Å². The van der Waals surface area contributed by atoms with Crippen LogP contribution in [0.2, 0.25) is 12.1 Å². The monoisotopic (exact) mass is 335 g/mol. The summed E-state index contributed by atoms with van der Waals surface area (Å²) in [6, 6.07) is 0.917. The van der Waals surface area contributed by atoms with Crippen molar-refractivity contribution in [1.29, 1.82) is 0 Å². The van der Waals surface area contributed by atoms with Crippen LogP contribution in [0.5, 0.6) is 0 Å². The molecule has 22 heavy (non-hydrogen) atoms. The molecular weight excluding hydrogens is 314 g/mol. The zero-order chi connectivity index (χ0) is 16.9. The molecule has 1 aromatic carbocycles. The second-order valence-corrected chi connectivity index (χ2v) is 10.8. The molecule has 0 bridgehead atoms. The third-order valence-electron chi connectivity index (χ3n) is 4.07. The summed E-state index contributed by atoms with van der Waals surface area (Å²) < 4.78 is 62.0. The number of nitrogens with one attached hydrogen (secondary N) is 1. The smallest absolute Gasteiger partial charge is 0.229 e. The fourth-order valence-corrected chi connectivity index (χ4v) is 6.48. The Bertz CT molecular complexity index is 596. The lowest BCUT2D eigenvalue weighted by Gasteiger charge is -2.29. The van der Waals surface area contributed by atoms with Crippen LogP contribution in [0.4, 0.5) is 17.6 Å². The fourth-order valence-electron chi connectivity index (χ4n) is 2.95. The molecule has 1 atom stereocenters. The van der Waals surface area contributed by atoms with Gasteiger partial charge in [-0.1, -0.05) is 13.8 Å². The van der Waals surface area contributed by atoms with E-state index in [1.807, 2.05) is 20.8 Å². The topological polar surface area (TPSA) is 21.3 Å². The number of benzene rings is 1. The molecule has 124 valence electrons. The maximum Gasteiger partial charge on any atom is 0.229 e. The fraction of sp³-hybridized carbons (Fsp3) is 0.600. The van der Waals surface area contributed by atoms with E-state index in [1.54, 1.807) is 13.8 Å². The minimum atomic E-state index is -2.88. The lowest BCUT2D eigenvalue weighted by atomic mass is 10.1. The van der Waals surface area contributed by atoms with Crippen molar-refractivity contribution < 1.29 is 22.0 Å². The van der Waals surface area contributed by atoms with Crippen molar-refractivity contribution >= 4 is 13.5 Å². The van der Waals surface area contributed by atoms with E-state index in [-0.39, 0.29) is 10.8 Å². The molecule has 1 heterocycles. The summed E-state index contributed by atoms with van der Waals surface area (Å²) in [5.74, 6) is -6.19. The summed E-state index contributed by atoms with van der Waals surface area (Å²) in [4.78, 5) is 0. The first-order chi connectivity index (χ1) is 10.1. The molecule has 0 aromatic heterocycles. The van der Waals surface area contributed by atoms with Gasteiger partial charge in [0.1, 0.15) is 6.23 Å². The van der Waals surface area contributed by atoms with Crippen LogP contribution in [0.1, 0.15) is 46.4 Å². The maximum absolute atomic E-state index is 14.4. The highest BCUT2D eigenvalue weighted by atomic mass is 28.4. The van der Waals surface area contributed by atoms with Gasteiger partial charge in [-0.15, -0.1) is 0 Å². The van der Waals surface area contributed by atoms with Crippen LogP contribution >= 0.6 is 0 Å². The molecule has 0 saturated heterocycles. The zero-order valence-corrected chi connectivity index (χ0v) is 14.4. The Morgan fingerprint density at radius 2 is 1.45 bits per heavy atom. The molecule has 2 rings (SSSR count). The molecule has 0 fully saturated rings. The molecule has 2 nitrogen and oxygen atoms in total. The van der Waals surface area contributed by atoms with E-state index in [1.165, 1.54) is 0 Å². The lowest BCUT2D eigenvalue weighted by molar-refractivity contribution is 0.131. The van der Waals surface area contributed by atoms with Gasteiger partial charge in [0.25, 0.3) is 0 Å². The number of rotatable bonds is 3. The van der Waals surface area contributed by atoms with E-state index in [2.05, 4.69) is 5.32 Å². The van der Waals surface area contributed by atoms with E-state index in [9.17, 15) is 17.6 Å². The summed E-state index contributed by atoms with van der Waals surface area (Å²) in [5, 5.41) is 2.96. The molecule has 7 heteroatoms. The lowest BCUT2D eigenvalue weighted by Crippen LogP contribution is -2.48. The molecular formula is C15H21F4NOSi. The van der Waals surface area contributed by atoms with Gasteiger partial charge in [0.05, 0.1) is 0 Å². The molecule has 0 radical (unpaired) electrons. The molecule has 0 aliphatic carbocycles. The second-order valence-electron chi connectivity index (χ2n) is 6.64. The SMILES string of the molecule is CC[Si]1(CC)OC(NC(C)(C)C)c2c(F)c(F)c(F)c(F)c21. The second kappa shape index (κ2) is 5.61. The van der Waals surface area contributed by atoms with Crippen molar-refractivity contribution in [2.75, 3.05) is 0 Å². The van der Waals surface area contributed by atoms with Gasteiger partial charge in [0.15, 0.2) is 23.3 Å². The number of fused-ring (bicyclic) bond motifs is 1. The Labute approximate surface area is 129 Å². The normalized spacial score (nSPS) is 20.3. The molecule has 0 saturated carbocycles. The van der Waals surface area contributed by atoms with Gasteiger partial charge >= 0.3 is 0 Å². The van der Waals surface area contributed by atoms with Crippen LogP contribution in [0.3, 0.4) is 0 Å². The van der Waals surface area contributed by atoms with Crippen LogP contribution in [-0.4, -0.2) is 13.9 Å². The van der Waals surface area contributed by atoms with Crippen LogP contribution in [0.15, 0.2) is 0 Å². The highest BCUT2D eigenvalue weighted by molar-refractivity contribution is 6.87. The van der Waals surface area contributed by atoms with Gasteiger partial charge in [-0.25, -0.2) is 17.6 Å². The molecule has 0 amide bonds. The standard InChI is InChI=1S/C15H21F4NOSi/c1-6-22(7-2)13-8(14(21-22)20-15(3,4)5)9(16)10(17)11(18)12(13)19/h14,20H,6-7H2,1-5H3. The highest BCUT2D eigenvalue weighted by Gasteiger charge is 2.51. The van der Waals surface area contributed by atoms with Crippen LogP contribution in [0, 0.1) is 23.3 Å². The van der Waals surface area contributed by atoms with Gasteiger partial charge in [-0.2, -0.15) is 0 Å². The summed E-state index contributed by atoms with van der Waals surface area (Å²) in [6.07, 6.45) is -0.967. The Morgan fingerprint density at radius 3 is 1.91 bits per heavy atom. The van der Waals surface area contributed by atoms with E-state index < -0.39 is 43.4 Å². The average Bonchev–Trinajstić information content (AvgIpc) is 2.75. The minimum Gasteiger partial charge on any atom is -0.393 e. The van der Waals surface area contributed by atoms with Crippen LogP contribution in [-0.2, 0) is 4.43 Å². The Hall–Kier alpha value is -0.923. The predicted octanol–water partition coefficient (Wildman–Crippen LogP) is 3.85. The van der Waals surface area contributed by atoms with Crippen molar-refractivity contribution in [2.45, 2.75) is 58.5 Å². The first-order valence-electron chi connectivity index (χ1n) is 7.39. The van der Waals surface area contributed by atoms with E-state index in [0.29, 0.717) is 12.1 Å². The molecule has 1 aromatic rings. The Balaban J connectivity index is 2.73. The molecule has 0 spiro atoms. The van der Waals surface area contributed by atoms with E-state index in [4.69, 9.17) is 4.43 Å². The summed E-state index contributed by atoms with van der Waals surface area (Å²) in [6.45, 7) is 9.12. The Morgan fingerprint density at radius 1 is 0.955 bits per heavy atom. The predicted molar refractivity (Wildman–Crippen MR) is 79.3 cm³/mol. The van der Waals surface area contributed by atoms with Crippen molar-refractivity contribution in [3.63, 3.8) is 0 Å². The maximum atomic E-state index is 14.4. The Kier molecular flexibility index (Phi) is 4.45. The summed E-state index contributed by atoms with van der Waals surface area (Å²) in [5.41, 5.74) is -0.663. The third-order valence-corrected chi connectivity index (χ3v) is 8.44. The number of hydrogen-bond acceptors (Lipinski definition) is 2. The number of halogens is 4. The average molecular weight is 335 g/mol. The van der Waals surface area contributed by atoms with Gasteiger partial charge in [0, 0.05) is 16.3 Å². The summed E-state index contributed by atoms with van der Waals surface area (Å²) >= 11 is 0. The first kappa shape index (κ1) is 17.4. The van der Waals surface area contributed by atoms with Gasteiger partial charge in [-0.3, -0.25) is 5.32 Å². The van der Waals surface area contributed by atoms with Crippen molar-refractivity contribution in [3.8, 4) is 0 Å². The minimum absolute atomic E-state index is 0.0735. The van der Waals surface area contributed by atoms with Crippen LogP contribution < -0.4 is 10.5 Å². The largest absolute Gasteiger partial charge is 0.393 e. The molecule has 1 N–H and O–H groups in total. The zero-order valence-electron chi connectivity index (χ0n) is 13.4.